The molecule has 3 heteroatoms. The van der Waals surface area contributed by atoms with Crippen molar-refractivity contribution in [3.8, 4) is 0 Å². The van der Waals surface area contributed by atoms with Crippen molar-refractivity contribution in [2.45, 2.75) is 250 Å². The largest absolute Gasteiger partial charge is 0.344 e. The van der Waals surface area contributed by atoms with Gasteiger partial charge in [0.15, 0.2) is 5.79 Å². The van der Waals surface area contributed by atoms with E-state index < -0.39 is 0 Å². The highest BCUT2D eigenvalue weighted by molar-refractivity contribution is 4.99. The van der Waals surface area contributed by atoms with Crippen LogP contribution >= 0.6 is 0 Å². The Kier molecular flexibility index (Phi) is 24.6. The molecule has 0 unspecified atom stereocenters. The molecule has 52 heavy (non-hydrogen) atoms. The summed E-state index contributed by atoms with van der Waals surface area (Å²) in [5.41, 5.74) is 6.95. The number of allylic oxidation sites excluding steroid dienone is 8. The molecular weight excluding hydrogens is 635 g/mol. The summed E-state index contributed by atoms with van der Waals surface area (Å²) in [4.78, 5) is 0. The Bertz CT molecular complexity index is 902. The van der Waals surface area contributed by atoms with Crippen LogP contribution < -0.4 is 5.73 Å². The number of fused-ring (bicyclic) bond motifs is 1. The van der Waals surface area contributed by atoms with Crippen molar-refractivity contribution >= 4 is 0 Å². The van der Waals surface area contributed by atoms with E-state index in [-0.39, 0.29) is 24.0 Å². The van der Waals surface area contributed by atoms with Crippen LogP contribution in [0.25, 0.3) is 0 Å². The van der Waals surface area contributed by atoms with E-state index >= 15 is 0 Å². The summed E-state index contributed by atoms with van der Waals surface area (Å²) in [7, 11) is 0. The number of hydrogen-bond donors (Lipinski definition) is 1. The van der Waals surface area contributed by atoms with Gasteiger partial charge in [0, 0.05) is 18.9 Å². The minimum Gasteiger partial charge on any atom is -0.344 e. The molecular formula is C49H87NO2. The quantitative estimate of drug-likeness (QED) is 0.0593. The zero-order chi connectivity index (χ0) is 37.0. The van der Waals surface area contributed by atoms with Gasteiger partial charge in [-0.2, -0.15) is 0 Å². The monoisotopic (exact) mass is 722 g/mol. The molecule has 3 fully saturated rings. The number of hydrogen-bond acceptors (Lipinski definition) is 3. The standard InChI is InChI=1S/C49H87NO2/c1-4-6-8-10-12-14-16-18-20-22-24-26-28-30-32-34-36-48(37-35-33-31-29-27-25-23-21-19-17-15-13-11-9-7-5-2)38-40-49(41-39-48)51-46-42-44(3)45(50)43-47(46)52-49/h12-15,18-21,44-47H,4-11,16-17,22-43,50H2,1-3H3/b14-12-,15-13-,20-18-,21-19-/t44-,45+,46-,47-/m0/s1. The fraction of sp³-hybridized carbons (Fsp3) is 0.837. The van der Waals surface area contributed by atoms with Crippen molar-refractivity contribution in [3.05, 3.63) is 48.6 Å². The number of nitrogens with two attached hydrogens (primary N) is 1. The number of unbranched alkanes of at least 4 members (excludes halogenated alkanes) is 18. The van der Waals surface area contributed by atoms with Crippen LogP contribution in [0.15, 0.2) is 48.6 Å². The average molecular weight is 722 g/mol. The van der Waals surface area contributed by atoms with E-state index in [1.807, 2.05) is 0 Å². The van der Waals surface area contributed by atoms with Gasteiger partial charge in [-0.25, -0.2) is 0 Å². The molecule has 1 heterocycles. The Morgan fingerprint density at radius 2 is 0.865 bits per heavy atom. The maximum atomic E-state index is 6.78. The van der Waals surface area contributed by atoms with Crippen LogP contribution in [-0.2, 0) is 9.47 Å². The van der Waals surface area contributed by atoms with Crippen molar-refractivity contribution in [2.75, 3.05) is 0 Å². The molecule has 300 valence electrons. The van der Waals surface area contributed by atoms with Gasteiger partial charge in [0.25, 0.3) is 0 Å². The third-order valence-corrected chi connectivity index (χ3v) is 12.9. The minimum absolute atomic E-state index is 0.221. The van der Waals surface area contributed by atoms with Gasteiger partial charge in [-0.3, -0.25) is 0 Å². The minimum atomic E-state index is -0.318. The lowest BCUT2D eigenvalue weighted by Gasteiger charge is -2.44. The average Bonchev–Trinajstić information content (AvgIpc) is 3.48. The Labute approximate surface area is 324 Å². The molecule has 0 radical (unpaired) electrons. The van der Waals surface area contributed by atoms with Crippen molar-refractivity contribution in [1.82, 2.24) is 0 Å². The first-order chi connectivity index (χ1) is 25.5. The first-order valence-corrected chi connectivity index (χ1v) is 23.2. The maximum absolute atomic E-state index is 6.78. The van der Waals surface area contributed by atoms with Gasteiger partial charge < -0.3 is 15.2 Å². The highest BCUT2D eigenvalue weighted by Gasteiger charge is 2.53. The van der Waals surface area contributed by atoms with Gasteiger partial charge in [-0.1, -0.05) is 159 Å². The zero-order valence-electron chi connectivity index (χ0n) is 34.9. The second kappa shape index (κ2) is 28.3. The second-order valence-electron chi connectivity index (χ2n) is 17.5. The molecule has 1 aliphatic heterocycles. The molecule has 4 atom stereocenters. The SMILES string of the molecule is CCCCC/C=C\C/C=C\CCCCCCCCC1(CCCCCCCC/C=C\C/C=C\CCCCC)CCC2(CC1)O[C@H]1C[C@@H](N)[C@@H](C)C[C@@H]1O2. The summed E-state index contributed by atoms with van der Waals surface area (Å²) < 4.78 is 13.5. The van der Waals surface area contributed by atoms with E-state index in [1.54, 1.807) is 0 Å². The van der Waals surface area contributed by atoms with Crippen LogP contribution in [0.5, 0.6) is 0 Å². The lowest BCUT2D eigenvalue weighted by atomic mass is 9.66. The van der Waals surface area contributed by atoms with E-state index in [2.05, 4.69) is 69.4 Å². The Balaban J connectivity index is 1.30. The second-order valence-corrected chi connectivity index (χ2v) is 17.5. The molecule has 2 saturated carbocycles. The molecule has 0 amide bonds. The van der Waals surface area contributed by atoms with Crippen LogP contribution in [0.3, 0.4) is 0 Å². The smallest absolute Gasteiger partial charge is 0.169 e. The van der Waals surface area contributed by atoms with E-state index in [0.29, 0.717) is 11.3 Å². The Morgan fingerprint density at radius 3 is 1.31 bits per heavy atom. The summed E-state index contributed by atoms with van der Waals surface area (Å²) in [6.45, 7) is 6.84. The van der Waals surface area contributed by atoms with Crippen LogP contribution in [-0.4, -0.2) is 24.0 Å². The third-order valence-electron chi connectivity index (χ3n) is 12.9. The fourth-order valence-corrected chi connectivity index (χ4v) is 9.17. The number of ether oxygens (including phenoxy) is 2. The van der Waals surface area contributed by atoms with Crippen LogP contribution in [0.1, 0.15) is 226 Å². The predicted molar refractivity (Wildman–Crippen MR) is 228 cm³/mol. The highest BCUT2D eigenvalue weighted by atomic mass is 16.8. The van der Waals surface area contributed by atoms with Gasteiger partial charge in [0.05, 0.1) is 12.2 Å². The summed E-state index contributed by atoms with van der Waals surface area (Å²) in [6.07, 6.45) is 61.0. The maximum Gasteiger partial charge on any atom is 0.169 e. The Hall–Kier alpha value is -1.16. The van der Waals surface area contributed by atoms with Gasteiger partial charge >= 0.3 is 0 Å². The molecule has 3 aliphatic rings. The Morgan fingerprint density at radius 1 is 0.481 bits per heavy atom. The van der Waals surface area contributed by atoms with Crippen molar-refractivity contribution in [2.24, 2.45) is 17.1 Å². The van der Waals surface area contributed by atoms with E-state index in [1.165, 1.54) is 167 Å². The van der Waals surface area contributed by atoms with Crippen molar-refractivity contribution in [3.63, 3.8) is 0 Å². The molecule has 0 aromatic rings. The lowest BCUT2D eigenvalue weighted by Crippen LogP contribution is -2.43. The van der Waals surface area contributed by atoms with Gasteiger partial charge in [-0.05, 0) is 114 Å². The zero-order valence-corrected chi connectivity index (χ0v) is 34.9. The van der Waals surface area contributed by atoms with Crippen LogP contribution in [0.4, 0.5) is 0 Å². The van der Waals surface area contributed by atoms with E-state index in [9.17, 15) is 0 Å². The van der Waals surface area contributed by atoms with E-state index in [4.69, 9.17) is 15.2 Å². The molecule has 0 bridgehead atoms. The van der Waals surface area contributed by atoms with Crippen molar-refractivity contribution in [1.29, 1.82) is 0 Å². The summed E-state index contributed by atoms with van der Waals surface area (Å²) in [6, 6.07) is 0.260. The molecule has 0 aromatic heterocycles. The van der Waals surface area contributed by atoms with Crippen LogP contribution in [0, 0.1) is 11.3 Å². The lowest BCUT2D eigenvalue weighted by molar-refractivity contribution is -0.208. The van der Waals surface area contributed by atoms with Crippen molar-refractivity contribution < 1.29 is 9.47 Å². The molecule has 3 rings (SSSR count). The van der Waals surface area contributed by atoms with Gasteiger partial charge in [0.1, 0.15) is 0 Å². The third kappa shape index (κ3) is 18.9. The first-order valence-electron chi connectivity index (χ1n) is 23.2. The normalized spacial score (nSPS) is 24.4. The molecule has 2 aliphatic carbocycles. The molecule has 2 N–H and O–H groups in total. The molecule has 3 nitrogen and oxygen atoms in total. The van der Waals surface area contributed by atoms with Gasteiger partial charge in [0.2, 0.25) is 0 Å². The fourth-order valence-electron chi connectivity index (χ4n) is 9.17. The van der Waals surface area contributed by atoms with E-state index in [0.717, 1.165) is 38.5 Å². The predicted octanol–water partition coefficient (Wildman–Crippen LogP) is 15.2. The number of rotatable bonds is 30. The summed E-state index contributed by atoms with van der Waals surface area (Å²) >= 11 is 0. The molecule has 0 aromatic carbocycles. The molecule has 1 saturated heterocycles. The molecule has 1 spiro atoms. The first kappa shape index (κ1) is 45.2. The summed E-state index contributed by atoms with van der Waals surface area (Å²) in [5, 5.41) is 0. The van der Waals surface area contributed by atoms with Gasteiger partial charge in [-0.15, -0.1) is 0 Å². The van der Waals surface area contributed by atoms with Crippen LogP contribution in [0.2, 0.25) is 0 Å². The highest BCUT2D eigenvalue weighted by Crippen LogP contribution is 2.53. The summed E-state index contributed by atoms with van der Waals surface area (Å²) in [5.74, 6) is 0.219. The topological polar surface area (TPSA) is 44.5 Å².